The van der Waals surface area contributed by atoms with Crippen LogP contribution in [0.1, 0.15) is 43.0 Å². The molecular weight excluding hydrogens is 252 g/mol. The predicted molar refractivity (Wildman–Crippen MR) is 82.4 cm³/mol. The third-order valence-electron chi connectivity index (χ3n) is 5.25. The van der Waals surface area contributed by atoms with Crippen LogP contribution in [0.3, 0.4) is 0 Å². The van der Waals surface area contributed by atoms with Gasteiger partial charge in [0.05, 0.1) is 0 Å². The van der Waals surface area contributed by atoms with E-state index in [0.717, 1.165) is 31.0 Å². The Bertz CT molecular complexity index is 415. The maximum Gasteiger partial charge on any atom is 0.0247 e. The number of hydrogen-bond donors (Lipinski definition) is 1. The van der Waals surface area contributed by atoms with Gasteiger partial charge < -0.3 is 5.73 Å². The second-order valence-electron chi connectivity index (χ2n) is 6.24. The molecule has 3 unspecified atom stereocenters. The summed E-state index contributed by atoms with van der Waals surface area (Å²) in [7, 11) is 0. The first-order chi connectivity index (χ1) is 9.31. The van der Waals surface area contributed by atoms with Gasteiger partial charge in [0.2, 0.25) is 0 Å². The van der Waals surface area contributed by atoms with Crippen molar-refractivity contribution in [2.45, 2.75) is 51.6 Å². The predicted octanol–water partition coefficient (Wildman–Crippen LogP) is 3.26. The van der Waals surface area contributed by atoms with Gasteiger partial charge in [-0.15, -0.1) is 11.3 Å². The molecule has 3 heteroatoms. The van der Waals surface area contributed by atoms with Gasteiger partial charge >= 0.3 is 0 Å². The van der Waals surface area contributed by atoms with Crippen LogP contribution in [0.5, 0.6) is 0 Å². The van der Waals surface area contributed by atoms with Crippen LogP contribution in [0, 0.1) is 11.8 Å². The molecule has 2 heterocycles. The molecule has 1 aromatic rings. The van der Waals surface area contributed by atoms with Crippen LogP contribution in [0.25, 0.3) is 0 Å². The minimum Gasteiger partial charge on any atom is -0.330 e. The Kier molecular flexibility index (Phi) is 4.25. The van der Waals surface area contributed by atoms with E-state index in [1.54, 1.807) is 10.4 Å². The van der Waals surface area contributed by atoms with Crippen molar-refractivity contribution in [2.75, 3.05) is 13.1 Å². The lowest BCUT2D eigenvalue weighted by molar-refractivity contribution is 0.0705. The van der Waals surface area contributed by atoms with Crippen LogP contribution < -0.4 is 5.73 Å². The molecule has 1 aliphatic carbocycles. The van der Waals surface area contributed by atoms with Crippen LogP contribution in [-0.2, 0) is 13.0 Å². The van der Waals surface area contributed by atoms with Gasteiger partial charge in [0, 0.05) is 24.0 Å². The molecule has 2 nitrogen and oxygen atoms in total. The van der Waals surface area contributed by atoms with Gasteiger partial charge in [-0.3, -0.25) is 4.90 Å². The topological polar surface area (TPSA) is 29.3 Å². The SMILES string of the molecule is CCC1CCC(CN)C(N2CCc3sccc3C2)C1. The monoisotopic (exact) mass is 278 g/mol. The average molecular weight is 278 g/mol. The molecule has 19 heavy (non-hydrogen) atoms. The highest BCUT2D eigenvalue weighted by molar-refractivity contribution is 7.10. The van der Waals surface area contributed by atoms with Gasteiger partial charge in [0.15, 0.2) is 0 Å². The van der Waals surface area contributed by atoms with Crippen LogP contribution in [-0.4, -0.2) is 24.0 Å². The van der Waals surface area contributed by atoms with E-state index in [4.69, 9.17) is 5.73 Å². The van der Waals surface area contributed by atoms with E-state index in [9.17, 15) is 0 Å². The van der Waals surface area contributed by atoms with Gasteiger partial charge in [0.1, 0.15) is 0 Å². The van der Waals surface area contributed by atoms with Gasteiger partial charge in [-0.2, -0.15) is 0 Å². The van der Waals surface area contributed by atoms with Crippen LogP contribution in [0.2, 0.25) is 0 Å². The summed E-state index contributed by atoms with van der Waals surface area (Å²) in [5.74, 6) is 1.65. The summed E-state index contributed by atoms with van der Waals surface area (Å²) in [5, 5.41) is 2.25. The van der Waals surface area contributed by atoms with Crippen LogP contribution >= 0.6 is 11.3 Å². The molecule has 2 aliphatic rings. The van der Waals surface area contributed by atoms with Crippen LogP contribution in [0.4, 0.5) is 0 Å². The molecule has 0 aromatic carbocycles. The molecular formula is C16H26N2S. The highest BCUT2D eigenvalue weighted by atomic mass is 32.1. The Labute approximate surface area is 121 Å². The third-order valence-corrected chi connectivity index (χ3v) is 6.27. The first-order valence-corrected chi connectivity index (χ1v) is 8.69. The number of nitrogens with zero attached hydrogens (tertiary/aromatic N) is 1. The normalized spacial score (nSPS) is 32.2. The summed E-state index contributed by atoms with van der Waals surface area (Å²) in [6.45, 7) is 5.62. The van der Waals surface area contributed by atoms with Crippen molar-refractivity contribution in [2.24, 2.45) is 17.6 Å². The lowest BCUT2D eigenvalue weighted by Gasteiger charge is -2.44. The van der Waals surface area contributed by atoms with Crippen molar-refractivity contribution < 1.29 is 0 Å². The minimum atomic E-state index is 0.725. The van der Waals surface area contributed by atoms with Crippen molar-refractivity contribution in [1.29, 1.82) is 0 Å². The molecule has 1 aliphatic heterocycles. The first-order valence-electron chi connectivity index (χ1n) is 7.81. The van der Waals surface area contributed by atoms with E-state index >= 15 is 0 Å². The fourth-order valence-corrected chi connectivity index (χ4v) is 4.83. The Balaban J connectivity index is 1.72. The molecule has 106 valence electrons. The van der Waals surface area contributed by atoms with Gasteiger partial charge in [-0.1, -0.05) is 19.8 Å². The maximum atomic E-state index is 6.04. The molecule has 3 atom stereocenters. The standard InChI is InChI=1S/C16H26N2S/c1-2-12-3-4-13(10-17)15(9-12)18-7-5-16-14(11-18)6-8-19-16/h6,8,12-13,15H,2-5,7,9-11,17H2,1H3. The lowest BCUT2D eigenvalue weighted by Crippen LogP contribution is -2.48. The van der Waals surface area contributed by atoms with E-state index < -0.39 is 0 Å². The summed E-state index contributed by atoms with van der Waals surface area (Å²) in [4.78, 5) is 4.34. The zero-order valence-electron chi connectivity index (χ0n) is 12.0. The van der Waals surface area contributed by atoms with E-state index in [1.165, 1.54) is 38.6 Å². The maximum absolute atomic E-state index is 6.04. The lowest BCUT2D eigenvalue weighted by atomic mass is 9.76. The van der Waals surface area contributed by atoms with E-state index in [2.05, 4.69) is 23.3 Å². The molecule has 3 rings (SSSR count). The molecule has 0 radical (unpaired) electrons. The summed E-state index contributed by atoms with van der Waals surface area (Å²) >= 11 is 1.93. The minimum absolute atomic E-state index is 0.725. The zero-order valence-corrected chi connectivity index (χ0v) is 12.8. The van der Waals surface area contributed by atoms with Crippen molar-refractivity contribution >= 4 is 11.3 Å². The fraction of sp³-hybridized carbons (Fsp3) is 0.750. The summed E-state index contributed by atoms with van der Waals surface area (Å²) in [5.41, 5.74) is 7.61. The van der Waals surface area contributed by atoms with Crippen molar-refractivity contribution in [3.8, 4) is 0 Å². The summed E-state index contributed by atoms with van der Waals surface area (Å²) in [6, 6.07) is 3.06. The van der Waals surface area contributed by atoms with Crippen molar-refractivity contribution in [1.82, 2.24) is 4.90 Å². The molecule has 1 fully saturated rings. The average Bonchev–Trinajstić information content (AvgIpc) is 2.93. The second-order valence-corrected chi connectivity index (χ2v) is 7.24. The largest absolute Gasteiger partial charge is 0.330 e. The van der Waals surface area contributed by atoms with Gasteiger partial charge in [0.25, 0.3) is 0 Å². The Morgan fingerprint density at radius 2 is 2.32 bits per heavy atom. The van der Waals surface area contributed by atoms with Crippen molar-refractivity contribution in [3.63, 3.8) is 0 Å². The molecule has 0 amide bonds. The number of rotatable bonds is 3. The quantitative estimate of drug-likeness (QED) is 0.919. The molecule has 0 spiro atoms. The van der Waals surface area contributed by atoms with E-state index in [1.807, 2.05) is 11.3 Å². The van der Waals surface area contributed by atoms with Gasteiger partial charge in [-0.05, 0) is 54.7 Å². The smallest absolute Gasteiger partial charge is 0.0247 e. The number of nitrogens with two attached hydrogens (primary N) is 1. The third kappa shape index (κ3) is 2.74. The van der Waals surface area contributed by atoms with Crippen LogP contribution in [0.15, 0.2) is 11.4 Å². The Morgan fingerprint density at radius 3 is 3.11 bits per heavy atom. The highest BCUT2D eigenvalue weighted by Crippen LogP contribution is 2.36. The number of thiophene rings is 1. The second kappa shape index (κ2) is 5.94. The summed E-state index contributed by atoms with van der Waals surface area (Å²) in [6.07, 6.45) is 6.69. The Morgan fingerprint density at radius 1 is 1.42 bits per heavy atom. The zero-order chi connectivity index (χ0) is 13.2. The molecule has 0 saturated heterocycles. The van der Waals surface area contributed by atoms with E-state index in [-0.39, 0.29) is 0 Å². The highest BCUT2D eigenvalue weighted by Gasteiger charge is 2.34. The first kappa shape index (κ1) is 13.6. The fourth-order valence-electron chi connectivity index (χ4n) is 3.94. The van der Waals surface area contributed by atoms with E-state index in [0.29, 0.717) is 0 Å². The molecule has 2 N–H and O–H groups in total. The molecule has 0 bridgehead atoms. The summed E-state index contributed by atoms with van der Waals surface area (Å²) < 4.78 is 0. The number of hydrogen-bond acceptors (Lipinski definition) is 3. The Hall–Kier alpha value is -0.380. The molecule has 1 aromatic heterocycles. The van der Waals surface area contributed by atoms with Gasteiger partial charge in [-0.25, -0.2) is 0 Å². The van der Waals surface area contributed by atoms with Crippen molar-refractivity contribution in [3.05, 3.63) is 21.9 Å². The number of fused-ring (bicyclic) bond motifs is 1. The molecule has 1 saturated carbocycles.